The Kier molecular flexibility index (Phi) is 5.79. The van der Waals surface area contributed by atoms with E-state index in [4.69, 9.17) is 18.6 Å². The highest BCUT2D eigenvalue weighted by Gasteiger charge is 2.59. The molecule has 0 aliphatic carbocycles. The average Bonchev–Trinajstić information content (AvgIpc) is 2.81. The number of ether oxygens (including phenoxy) is 4. The van der Waals surface area contributed by atoms with Crippen LogP contribution < -0.4 is 0 Å². The van der Waals surface area contributed by atoms with Crippen molar-refractivity contribution >= 4 is 14.3 Å². The minimum atomic E-state index is -2.28. The predicted octanol–water partition coefficient (Wildman–Crippen LogP) is 2.34. The van der Waals surface area contributed by atoms with Crippen molar-refractivity contribution in [3.63, 3.8) is 0 Å². The van der Waals surface area contributed by atoms with E-state index in [1.54, 1.807) is 0 Å². The van der Waals surface area contributed by atoms with Crippen LogP contribution >= 0.6 is 0 Å². The first kappa shape index (κ1) is 21.5. The van der Waals surface area contributed by atoms with Gasteiger partial charge in [-0.1, -0.05) is 20.8 Å². The molecule has 0 saturated carbocycles. The molecule has 1 unspecified atom stereocenters. The van der Waals surface area contributed by atoms with Gasteiger partial charge in [-0.15, -0.1) is 0 Å². The molecule has 2 heterocycles. The molecule has 2 aliphatic heterocycles. The van der Waals surface area contributed by atoms with Gasteiger partial charge in [0.25, 0.3) is 0 Å². The lowest BCUT2D eigenvalue weighted by molar-refractivity contribution is -0.275. The number of carbonyl (C=O) groups is 1. The third-order valence-electron chi connectivity index (χ3n) is 5.29. The first-order valence-corrected chi connectivity index (χ1v) is 11.8. The van der Waals surface area contributed by atoms with Gasteiger partial charge in [0.2, 0.25) is 5.79 Å². The van der Waals surface area contributed by atoms with Crippen LogP contribution in [-0.4, -0.2) is 63.0 Å². The van der Waals surface area contributed by atoms with Gasteiger partial charge in [-0.25, -0.2) is 4.79 Å². The first-order valence-electron chi connectivity index (χ1n) is 8.88. The highest BCUT2D eigenvalue weighted by atomic mass is 28.4. The van der Waals surface area contributed by atoms with Crippen LogP contribution in [0.25, 0.3) is 0 Å². The zero-order valence-corrected chi connectivity index (χ0v) is 18.0. The number of aliphatic hydroxyl groups is 1. The van der Waals surface area contributed by atoms with Gasteiger partial charge < -0.3 is 28.5 Å². The molecule has 4 atom stereocenters. The van der Waals surface area contributed by atoms with Crippen LogP contribution in [0.5, 0.6) is 0 Å². The summed E-state index contributed by atoms with van der Waals surface area (Å²) < 4.78 is 28.7. The first-order chi connectivity index (χ1) is 11.7. The van der Waals surface area contributed by atoms with Crippen LogP contribution in [0.15, 0.2) is 12.2 Å². The van der Waals surface area contributed by atoms with E-state index in [1.807, 2.05) is 13.8 Å². The molecule has 26 heavy (non-hydrogen) atoms. The van der Waals surface area contributed by atoms with Crippen molar-refractivity contribution in [1.29, 1.82) is 0 Å². The lowest BCUT2D eigenvalue weighted by atomic mass is 9.96. The molecular formula is C18H32O7Si. The summed E-state index contributed by atoms with van der Waals surface area (Å²) in [5, 5.41) is 11.1. The topological polar surface area (TPSA) is 83.5 Å². The zero-order valence-electron chi connectivity index (χ0n) is 17.0. The second kappa shape index (κ2) is 6.99. The van der Waals surface area contributed by atoms with Crippen molar-refractivity contribution < 1.29 is 33.3 Å². The van der Waals surface area contributed by atoms with E-state index in [0.29, 0.717) is 0 Å². The van der Waals surface area contributed by atoms with Gasteiger partial charge in [-0.2, -0.15) is 0 Å². The smallest absolute Gasteiger partial charge is 0.330 e. The average molecular weight is 389 g/mol. The van der Waals surface area contributed by atoms with Crippen LogP contribution in [0.1, 0.15) is 34.6 Å². The summed E-state index contributed by atoms with van der Waals surface area (Å²) in [7, 11) is -1.01. The Morgan fingerprint density at radius 1 is 1.27 bits per heavy atom. The van der Waals surface area contributed by atoms with Crippen molar-refractivity contribution in [3.8, 4) is 0 Å². The number of esters is 1. The summed E-state index contributed by atoms with van der Waals surface area (Å²) in [6.45, 7) is 14.3. The summed E-state index contributed by atoms with van der Waals surface area (Å²) in [5.74, 6) is -3.20. The molecule has 2 saturated heterocycles. The molecule has 0 aromatic carbocycles. The van der Waals surface area contributed by atoms with Gasteiger partial charge in [-0.3, -0.25) is 0 Å². The fraction of sp³-hybridized carbons (Fsp3) is 0.833. The number of hydrogen-bond donors (Lipinski definition) is 1. The van der Waals surface area contributed by atoms with Crippen LogP contribution in [0.2, 0.25) is 18.1 Å². The summed E-state index contributed by atoms with van der Waals surface area (Å²) in [5.41, 5.74) is 0. The lowest BCUT2D eigenvalue weighted by Crippen LogP contribution is -2.63. The highest BCUT2D eigenvalue weighted by molar-refractivity contribution is 6.74. The van der Waals surface area contributed by atoms with Crippen LogP contribution in [0.3, 0.4) is 0 Å². The Morgan fingerprint density at radius 3 is 2.42 bits per heavy atom. The molecular weight excluding hydrogens is 356 g/mol. The number of methoxy groups -OCH3 is 1. The Hall–Kier alpha value is -0.773. The van der Waals surface area contributed by atoms with Gasteiger partial charge in [0.1, 0.15) is 18.3 Å². The maximum atomic E-state index is 11.5. The summed E-state index contributed by atoms with van der Waals surface area (Å²) in [6, 6.07) is 0. The van der Waals surface area contributed by atoms with E-state index in [1.165, 1.54) is 13.2 Å². The minimum absolute atomic E-state index is 0.0815. The van der Waals surface area contributed by atoms with Gasteiger partial charge >= 0.3 is 5.97 Å². The molecule has 0 radical (unpaired) electrons. The molecule has 2 aliphatic rings. The van der Waals surface area contributed by atoms with Crippen molar-refractivity contribution in [1.82, 2.24) is 0 Å². The minimum Gasteiger partial charge on any atom is -0.466 e. The summed E-state index contributed by atoms with van der Waals surface area (Å²) in [4.78, 5) is 11.5. The molecule has 0 aromatic rings. The van der Waals surface area contributed by atoms with E-state index in [-0.39, 0.29) is 17.7 Å². The zero-order chi connectivity index (χ0) is 20.0. The highest BCUT2D eigenvalue weighted by Crippen LogP contribution is 2.44. The predicted molar refractivity (Wildman–Crippen MR) is 98.0 cm³/mol. The molecule has 7 nitrogen and oxygen atoms in total. The SMILES string of the molecule is COC(=O)/C=C/C1(O)OC[C@H]2OC(C)(C)O[C@H]2[C@@H]1O[Si](C)(C)C(C)(C)C. The maximum absolute atomic E-state index is 11.5. The van der Waals surface area contributed by atoms with Crippen LogP contribution in [0, 0.1) is 0 Å². The number of rotatable bonds is 4. The Balaban J connectivity index is 2.38. The normalized spacial score (nSPS) is 34.7. The van der Waals surface area contributed by atoms with E-state index in [2.05, 4.69) is 38.6 Å². The molecule has 0 bridgehead atoms. The molecule has 0 spiro atoms. The molecule has 0 amide bonds. The molecule has 8 heteroatoms. The van der Waals surface area contributed by atoms with Gasteiger partial charge in [0.15, 0.2) is 14.1 Å². The lowest BCUT2D eigenvalue weighted by Gasteiger charge is -2.48. The number of carbonyl (C=O) groups excluding carboxylic acids is 1. The molecule has 0 aromatic heterocycles. The molecule has 2 rings (SSSR count). The second-order valence-electron chi connectivity index (χ2n) is 8.86. The number of fused-ring (bicyclic) bond motifs is 1. The van der Waals surface area contributed by atoms with Gasteiger partial charge in [-0.05, 0) is 38.1 Å². The standard InChI is InChI=1S/C18H32O7Si/c1-16(2,3)26(7,8)25-15-14-12(23-17(4,5)24-14)11-22-18(15,20)10-9-13(19)21-6/h9-10,12,14-15,20H,11H2,1-8H3/b10-9+/t12-,14-,15+,18?/m1/s1. The van der Waals surface area contributed by atoms with Crippen molar-refractivity contribution in [3.05, 3.63) is 12.2 Å². The Morgan fingerprint density at radius 2 is 1.88 bits per heavy atom. The maximum Gasteiger partial charge on any atom is 0.330 e. The van der Waals surface area contributed by atoms with E-state index in [0.717, 1.165) is 6.08 Å². The fourth-order valence-electron chi connectivity index (χ4n) is 2.83. The van der Waals surface area contributed by atoms with Crippen molar-refractivity contribution in [2.24, 2.45) is 0 Å². The van der Waals surface area contributed by atoms with Crippen LogP contribution in [0.4, 0.5) is 0 Å². The second-order valence-corrected chi connectivity index (χ2v) is 13.6. The van der Waals surface area contributed by atoms with Crippen LogP contribution in [-0.2, 0) is 28.2 Å². The molecule has 150 valence electrons. The quantitative estimate of drug-likeness (QED) is 0.449. The van der Waals surface area contributed by atoms with Crippen molar-refractivity contribution in [2.75, 3.05) is 13.7 Å². The van der Waals surface area contributed by atoms with E-state index >= 15 is 0 Å². The van der Waals surface area contributed by atoms with Gasteiger partial charge in [0, 0.05) is 6.08 Å². The third kappa shape index (κ3) is 4.37. The van der Waals surface area contributed by atoms with E-state index < -0.39 is 38.1 Å². The summed E-state index contributed by atoms with van der Waals surface area (Å²) >= 11 is 0. The molecule has 2 fully saturated rings. The Bertz CT molecular complexity index is 566. The van der Waals surface area contributed by atoms with E-state index in [9.17, 15) is 9.90 Å². The largest absolute Gasteiger partial charge is 0.466 e. The van der Waals surface area contributed by atoms with Crippen molar-refractivity contribution in [2.45, 2.75) is 82.6 Å². The third-order valence-corrected chi connectivity index (χ3v) is 9.75. The molecule has 1 N–H and O–H groups in total. The summed E-state index contributed by atoms with van der Waals surface area (Å²) in [6.07, 6.45) is 0.724. The Labute approximate surface area is 156 Å². The number of hydrogen-bond acceptors (Lipinski definition) is 7. The monoisotopic (exact) mass is 388 g/mol. The fourth-order valence-corrected chi connectivity index (χ4v) is 4.12. The van der Waals surface area contributed by atoms with Gasteiger partial charge in [0.05, 0.1) is 13.7 Å².